The van der Waals surface area contributed by atoms with Crippen molar-refractivity contribution in [2.45, 2.75) is 46.6 Å². The third-order valence-corrected chi connectivity index (χ3v) is 5.08. The largest absolute Gasteiger partial charge is 0.381 e. The molecule has 26 heavy (non-hydrogen) atoms. The van der Waals surface area contributed by atoms with Gasteiger partial charge in [0.2, 0.25) is 5.91 Å². The van der Waals surface area contributed by atoms with Gasteiger partial charge in [-0.15, -0.1) is 0 Å². The van der Waals surface area contributed by atoms with Gasteiger partial charge in [0.15, 0.2) is 0 Å². The Morgan fingerprint density at radius 3 is 2.62 bits per heavy atom. The van der Waals surface area contributed by atoms with E-state index in [9.17, 15) is 10.1 Å². The zero-order valence-corrected chi connectivity index (χ0v) is 16.0. The van der Waals surface area contributed by atoms with Gasteiger partial charge in [-0.3, -0.25) is 9.78 Å². The second kappa shape index (κ2) is 7.33. The summed E-state index contributed by atoms with van der Waals surface area (Å²) in [5.41, 5.74) is 4.66. The van der Waals surface area contributed by atoms with Crippen LogP contribution in [0.4, 0.5) is 5.69 Å². The van der Waals surface area contributed by atoms with Gasteiger partial charge in [-0.1, -0.05) is 25.5 Å². The van der Waals surface area contributed by atoms with Crippen LogP contribution in [-0.2, 0) is 4.79 Å². The minimum atomic E-state index is 0.0415. The number of benzene rings is 1. The number of pyridine rings is 1. The van der Waals surface area contributed by atoms with Gasteiger partial charge in [0, 0.05) is 36.6 Å². The highest BCUT2D eigenvalue weighted by Gasteiger charge is 2.25. The average molecular weight is 350 g/mol. The Morgan fingerprint density at radius 1 is 1.31 bits per heavy atom. The average Bonchev–Trinajstić information content (AvgIpc) is 2.62. The van der Waals surface area contributed by atoms with E-state index < -0.39 is 0 Å². The van der Waals surface area contributed by atoms with Crippen molar-refractivity contribution < 1.29 is 4.79 Å². The smallest absolute Gasteiger partial charge is 0.225 e. The Kier molecular flexibility index (Phi) is 5.13. The molecule has 5 heteroatoms. The Bertz CT molecular complexity index is 874. The van der Waals surface area contributed by atoms with E-state index in [1.807, 2.05) is 25.7 Å². The van der Waals surface area contributed by atoms with Crippen molar-refractivity contribution in [1.82, 2.24) is 9.88 Å². The molecule has 0 radical (unpaired) electrons. The van der Waals surface area contributed by atoms with Gasteiger partial charge >= 0.3 is 0 Å². The molecule has 0 bridgehead atoms. The minimum Gasteiger partial charge on any atom is -0.381 e. The van der Waals surface area contributed by atoms with Crippen LogP contribution in [0.15, 0.2) is 18.3 Å². The molecule has 1 amide bonds. The Labute approximate surface area is 155 Å². The lowest BCUT2D eigenvalue weighted by molar-refractivity contribution is -0.135. The van der Waals surface area contributed by atoms with Crippen LogP contribution in [0.2, 0.25) is 0 Å². The summed E-state index contributed by atoms with van der Waals surface area (Å²) in [4.78, 5) is 18.6. The van der Waals surface area contributed by atoms with Gasteiger partial charge in [0.25, 0.3) is 0 Å². The Morgan fingerprint density at radius 2 is 2.00 bits per heavy atom. The normalized spacial score (nSPS) is 15.3. The molecule has 0 spiro atoms. The molecule has 0 atom stereocenters. The summed E-state index contributed by atoms with van der Waals surface area (Å²) in [6.07, 6.45) is 3.43. The lowest BCUT2D eigenvalue weighted by Crippen LogP contribution is -2.44. The fourth-order valence-electron chi connectivity index (χ4n) is 3.71. The fourth-order valence-corrected chi connectivity index (χ4v) is 3.71. The van der Waals surface area contributed by atoms with Crippen molar-refractivity contribution in [1.29, 1.82) is 5.26 Å². The molecule has 1 aromatic carbocycles. The number of aryl methyl sites for hydroxylation is 2. The first-order valence-electron chi connectivity index (χ1n) is 9.26. The van der Waals surface area contributed by atoms with Crippen LogP contribution in [0.25, 0.3) is 10.9 Å². The van der Waals surface area contributed by atoms with Crippen LogP contribution in [0.5, 0.6) is 0 Å². The summed E-state index contributed by atoms with van der Waals surface area (Å²) in [5, 5.41) is 14.1. The zero-order valence-electron chi connectivity index (χ0n) is 16.0. The number of hydrogen-bond donors (Lipinski definition) is 1. The van der Waals surface area contributed by atoms with Crippen molar-refractivity contribution in [3.63, 3.8) is 0 Å². The standard InChI is InChI=1S/C21H26N4O/c1-13(2)21(26)25-7-5-17(6-8-25)24-20-16(11-22)12-23-19-15(4)9-14(3)10-18(19)20/h9-10,12-13,17H,5-8H2,1-4H3,(H,23,24). The van der Waals surface area contributed by atoms with Gasteiger partial charge in [-0.2, -0.15) is 5.26 Å². The first-order valence-corrected chi connectivity index (χ1v) is 9.26. The maximum absolute atomic E-state index is 12.2. The van der Waals surface area contributed by atoms with Crippen molar-refractivity contribution >= 4 is 22.5 Å². The molecule has 0 aliphatic carbocycles. The molecule has 1 N–H and O–H groups in total. The van der Waals surface area contributed by atoms with E-state index in [0.29, 0.717) is 5.56 Å². The van der Waals surface area contributed by atoms with Gasteiger partial charge in [0.05, 0.1) is 16.8 Å². The van der Waals surface area contributed by atoms with Gasteiger partial charge in [-0.05, 0) is 38.3 Å². The number of rotatable bonds is 3. The molecule has 5 nitrogen and oxygen atoms in total. The van der Waals surface area contributed by atoms with Gasteiger partial charge < -0.3 is 10.2 Å². The molecule has 0 saturated carbocycles. The van der Waals surface area contributed by atoms with Gasteiger partial charge in [-0.25, -0.2) is 0 Å². The van der Waals surface area contributed by atoms with Crippen LogP contribution < -0.4 is 5.32 Å². The number of nitriles is 1. The second-order valence-corrected chi connectivity index (χ2v) is 7.54. The van der Waals surface area contributed by atoms with Crippen molar-refractivity contribution in [2.24, 2.45) is 5.92 Å². The number of fused-ring (bicyclic) bond motifs is 1. The third kappa shape index (κ3) is 3.50. The highest BCUT2D eigenvalue weighted by Crippen LogP contribution is 2.30. The van der Waals surface area contributed by atoms with E-state index in [0.717, 1.165) is 53.6 Å². The van der Waals surface area contributed by atoms with E-state index in [2.05, 4.69) is 35.4 Å². The first kappa shape index (κ1) is 18.2. The molecule has 3 rings (SSSR count). The van der Waals surface area contributed by atoms with Crippen LogP contribution in [0, 0.1) is 31.1 Å². The zero-order chi connectivity index (χ0) is 18.8. The number of amides is 1. The minimum absolute atomic E-state index is 0.0415. The maximum Gasteiger partial charge on any atom is 0.225 e. The summed E-state index contributed by atoms with van der Waals surface area (Å²) in [6, 6.07) is 6.73. The molecule has 1 aliphatic rings. The molecule has 1 aliphatic heterocycles. The fraction of sp³-hybridized carbons (Fsp3) is 0.476. The number of nitrogens with zero attached hydrogens (tertiary/aromatic N) is 3. The third-order valence-electron chi connectivity index (χ3n) is 5.08. The van der Waals surface area contributed by atoms with Crippen LogP contribution >= 0.6 is 0 Å². The number of carbonyl (C=O) groups is 1. The number of aromatic nitrogens is 1. The number of nitrogens with one attached hydrogen (secondary N) is 1. The SMILES string of the molecule is Cc1cc(C)c2ncc(C#N)c(NC3CCN(C(=O)C(C)C)CC3)c2c1. The van der Waals surface area contributed by atoms with E-state index in [4.69, 9.17) is 0 Å². The first-order chi connectivity index (χ1) is 12.4. The molecular formula is C21H26N4O. The number of hydrogen-bond acceptors (Lipinski definition) is 4. The summed E-state index contributed by atoms with van der Waals surface area (Å²) < 4.78 is 0. The highest BCUT2D eigenvalue weighted by molar-refractivity contribution is 5.96. The molecule has 2 aromatic rings. The van der Waals surface area contributed by atoms with Crippen LogP contribution in [0.1, 0.15) is 43.4 Å². The summed E-state index contributed by atoms with van der Waals surface area (Å²) in [5.74, 6) is 0.265. The van der Waals surface area contributed by atoms with Crippen molar-refractivity contribution in [3.05, 3.63) is 35.0 Å². The van der Waals surface area contributed by atoms with Crippen molar-refractivity contribution in [2.75, 3.05) is 18.4 Å². The molecule has 1 aromatic heterocycles. The monoisotopic (exact) mass is 350 g/mol. The van der Waals surface area contributed by atoms with Crippen molar-refractivity contribution in [3.8, 4) is 6.07 Å². The number of anilines is 1. The topological polar surface area (TPSA) is 69.0 Å². The lowest BCUT2D eigenvalue weighted by atomic mass is 10.00. The highest BCUT2D eigenvalue weighted by atomic mass is 16.2. The maximum atomic E-state index is 12.2. The number of carbonyl (C=O) groups excluding carboxylic acids is 1. The van der Waals surface area contributed by atoms with Gasteiger partial charge in [0.1, 0.15) is 6.07 Å². The Hall–Kier alpha value is -2.61. The van der Waals surface area contributed by atoms with E-state index in [1.165, 1.54) is 0 Å². The molecule has 1 fully saturated rings. The Balaban J connectivity index is 1.85. The number of likely N-dealkylation sites (tertiary alicyclic amines) is 1. The van der Waals surface area contributed by atoms with Crippen LogP contribution in [0.3, 0.4) is 0 Å². The quantitative estimate of drug-likeness (QED) is 0.914. The van der Waals surface area contributed by atoms with E-state index >= 15 is 0 Å². The second-order valence-electron chi connectivity index (χ2n) is 7.54. The van der Waals surface area contributed by atoms with E-state index in [-0.39, 0.29) is 17.9 Å². The van der Waals surface area contributed by atoms with E-state index in [1.54, 1.807) is 6.20 Å². The predicted octanol–water partition coefficient (Wildman–Crippen LogP) is 3.78. The molecule has 136 valence electrons. The molecule has 1 saturated heterocycles. The van der Waals surface area contributed by atoms with Crippen LogP contribution in [-0.4, -0.2) is 34.9 Å². The summed E-state index contributed by atoms with van der Waals surface area (Å²) >= 11 is 0. The lowest BCUT2D eigenvalue weighted by Gasteiger charge is -2.34. The number of piperidine rings is 1. The summed E-state index contributed by atoms with van der Waals surface area (Å²) in [7, 11) is 0. The predicted molar refractivity (Wildman–Crippen MR) is 104 cm³/mol. The molecule has 2 heterocycles. The summed E-state index contributed by atoms with van der Waals surface area (Å²) in [6.45, 7) is 9.52. The molecule has 0 unspecified atom stereocenters. The molecular weight excluding hydrogens is 324 g/mol.